The smallest absolute Gasteiger partial charge is 0.303 e. The molecule has 1 aliphatic carbocycles. The van der Waals surface area contributed by atoms with Gasteiger partial charge in [-0.05, 0) is 67.9 Å². The van der Waals surface area contributed by atoms with Crippen molar-refractivity contribution < 1.29 is 19.1 Å². The molecule has 2 atom stereocenters. The Balaban J connectivity index is 2.07. The fourth-order valence-electron chi connectivity index (χ4n) is 5.26. The van der Waals surface area contributed by atoms with E-state index >= 15 is 0 Å². The van der Waals surface area contributed by atoms with E-state index in [4.69, 9.17) is 4.74 Å². The molecule has 1 fully saturated rings. The third-order valence-electron chi connectivity index (χ3n) is 7.21. The van der Waals surface area contributed by atoms with Crippen LogP contribution in [0.2, 0.25) is 0 Å². The molecular formula is C30H39NO4. The second-order valence-corrected chi connectivity index (χ2v) is 10.4. The monoisotopic (exact) mass is 477 g/mol. The van der Waals surface area contributed by atoms with E-state index in [2.05, 4.69) is 25.7 Å². The molecule has 0 saturated heterocycles. The van der Waals surface area contributed by atoms with E-state index in [0.717, 1.165) is 24.0 Å². The third-order valence-corrected chi connectivity index (χ3v) is 7.21. The third kappa shape index (κ3) is 6.23. The molecule has 5 nitrogen and oxygen atoms in total. The molecule has 1 heterocycles. The van der Waals surface area contributed by atoms with Gasteiger partial charge >= 0.3 is 5.97 Å². The molecule has 3 rings (SSSR count). The van der Waals surface area contributed by atoms with Crippen molar-refractivity contribution in [2.24, 2.45) is 17.8 Å². The molecule has 0 N–H and O–H groups in total. The van der Waals surface area contributed by atoms with Crippen molar-refractivity contribution in [3.63, 3.8) is 0 Å². The first-order valence-corrected chi connectivity index (χ1v) is 13.0. The average Bonchev–Trinajstić information content (AvgIpc) is 2.76. The lowest BCUT2D eigenvalue weighted by molar-refractivity contribution is -0.139. The number of carbonyl (C=O) groups is 3. The quantitative estimate of drug-likeness (QED) is 0.282. The largest absolute Gasteiger partial charge is 0.453 e. The van der Waals surface area contributed by atoms with Crippen LogP contribution in [0.4, 0.5) is 0 Å². The molecule has 2 aliphatic rings. The van der Waals surface area contributed by atoms with Crippen LogP contribution in [0.3, 0.4) is 0 Å². The van der Waals surface area contributed by atoms with Crippen molar-refractivity contribution in [2.75, 3.05) is 13.2 Å². The van der Waals surface area contributed by atoms with Crippen molar-refractivity contribution in [1.29, 1.82) is 0 Å². The number of carbonyl (C=O) groups excluding carboxylic acids is 3. The van der Waals surface area contributed by atoms with Crippen LogP contribution in [0.15, 0.2) is 29.3 Å². The summed E-state index contributed by atoms with van der Waals surface area (Å²) >= 11 is 0. The van der Waals surface area contributed by atoms with Gasteiger partial charge in [0.25, 0.3) is 0 Å². The summed E-state index contributed by atoms with van der Waals surface area (Å²) in [6.45, 7) is 12.3. The van der Waals surface area contributed by atoms with E-state index in [1.165, 1.54) is 26.2 Å². The van der Waals surface area contributed by atoms with Gasteiger partial charge in [-0.3, -0.25) is 14.4 Å². The molecule has 1 saturated carbocycles. The molecule has 0 aromatic heterocycles. The van der Waals surface area contributed by atoms with Crippen LogP contribution in [-0.2, 0) is 14.3 Å². The Bertz CT molecular complexity index is 1070. The Morgan fingerprint density at radius 1 is 1.20 bits per heavy atom. The zero-order chi connectivity index (χ0) is 25.7. The predicted octanol–water partition coefficient (Wildman–Crippen LogP) is 5.49. The Kier molecular flexibility index (Phi) is 8.94. The van der Waals surface area contributed by atoms with Gasteiger partial charge in [-0.2, -0.15) is 0 Å². The zero-order valence-electron chi connectivity index (χ0n) is 22.1. The number of rotatable bonds is 8. The minimum Gasteiger partial charge on any atom is -0.453 e. The van der Waals surface area contributed by atoms with Crippen LogP contribution in [0.5, 0.6) is 0 Å². The number of hydrogen-bond acceptors (Lipinski definition) is 4. The van der Waals surface area contributed by atoms with Gasteiger partial charge in [0, 0.05) is 30.2 Å². The van der Waals surface area contributed by atoms with Gasteiger partial charge in [-0.25, -0.2) is 0 Å². The predicted molar refractivity (Wildman–Crippen MR) is 138 cm³/mol. The number of Topliss-reactive ketones (excluding diaryl/α,β-unsaturated/α-hetero) is 1. The van der Waals surface area contributed by atoms with Gasteiger partial charge in [-0.15, -0.1) is 0 Å². The molecule has 0 radical (unpaired) electrons. The van der Waals surface area contributed by atoms with Crippen molar-refractivity contribution >= 4 is 17.7 Å². The van der Waals surface area contributed by atoms with E-state index in [0.29, 0.717) is 29.2 Å². The van der Waals surface area contributed by atoms with Crippen LogP contribution in [0.1, 0.15) is 88.2 Å². The maximum atomic E-state index is 14.1. The Labute approximate surface area is 210 Å². The normalized spacial score (nSPS) is 20.4. The molecule has 1 amide bonds. The fraction of sp³-hybridized carbons (Fsp3) is 0.567. The molecule has 0 bridgehead atoms. The highest BCUT2D eigenvalue weighted by Crippen LogP contribution is 2.42. The summed E-state index contributed by atoms with van der Waals surface area (Å²) < 4.78 is 4.90. The fourth-order valence-corrected chi connectivity index (χ4v) is 5.26. The molecule has 2 unspecified atom stereocenters. The summed E-state index contributed by atoms with van der Waals surface area (Å²) in [5, 5.41) is 0. The standard InChI is InChI=1S/C30H39NO4/c1-7-13-31-21(5)26(18-23-10-8-11-23)28(27(19(2)3)30(31)34)29(33)25-16-20(4)15-24(17-25)12-9-14-35-22(6)32/h15-17,19,21,23,27H,7-8,10-11,13-14,18H2,1-6H3. The highest BCUT2D eigenvalue weighted by atomic mass is 16.5. The first kappa shape index (κ1) is 26.7. The van der Waals surface area contributed by atoms with E-state index in [-0.39, 0.29) is 36.2 Å². The van der Waals surface area contributed by atoms with Gasteiger partial charge in [0.05, 0.1) is 12.0 Å². The number of amides is 1. The Hall–Kier alpha value is -2.87. The van der Waals surface area contributed by atoms with Gasteiger partial charge in [0.15, 0.2) is 12.4 Å². The number of esters is 1. The minimum atomic E-state index is -0.431. The van der Waals surface area contributed by atoms with Crippen molar-refractivity contribution in [2.45, 2.75) is 79.7 Å². The lowest BCUT2D eigenvalue weighted by Crippen LogP contribution is -2.51. The van der Waals surface area contributed by atoms with Gasteiger partial charge in [0.2, 0.25) is 5.91 Å². The second kappa shape index (κ2) is 11.7. The maximum Gasteiger partial charge on any atom is 0.303 e. The SMILES string of the molecule is CCCN1C(=O)C(C(C)C)C(C(=O)c2cc(C)cc(C#CCOC(C)=O)c2)=C(CC2CCC2)C1C. The molecule has 1 aliphatic heterocycles. The molecule has 35 heavy (non-hydrogen) atoms. The van der Waals surface area contributed by atoms with Gasteiger partial charge in [0.1, 0.15) is 0 Å². The molecular weight excluding hydrogens is 438 g/mol. The minimum absolute atomic E-state index is 0.0119. The number of ether oxygens (including phenoxy) is 1. The molecule has 1 aromatic rings. The number of benzene rings is 1. The average molecular weight is 478 g/mol. The summed E-state index contributed by atoms with van der Waals surface area (Å²) in [6, 6.07) is 5.54. The Morgan fingerprint density at radius 3 is 2.49 bits per heavy atom. The topological polar surface area (TPSA) is 63.7 Å². The van der Waals surface area contributed by atoms with Crippen LogP contribution < -0.4 is 0 Å². The van der Waals surface area contributed by atoms with E-state index in [1.54, 1.807) is 6.07 Å². The molecule has 1 aromatic carbocycles. The number of nitrogens with zero attached hydrogens (tertiary/aromatic N) is 1. The number of hydrogen-bond donors (Lipinski definition) is 0. The summed E-state index contributed by atoms with van der Waals surface area (Å²) in [7, 11) is 0. The summed E-state index contributed by atoms with van der Waals surface area (Å²) in [5.41, 5.74) is 4.05. The van der Waals surface area contributed by atoms with Crippen molar-refractivity contribution in [3.8, 4) is 11.8 Å². The Morgan fingerprint density at radius 2 is 1.91 bits per heavy atom. The van der Waals surface area contributed by atoms with Gasteiger partial charge < -0.3 is 9.64 Å². The van der Waals surface area contributed by atoms with Crippen molar-refractivity contribution in [3.05, 3.63) is 46.0 Å². The van der Waals surface area contributed by atoms with E-state index in [1.807, 2.05) is 37.8 Å². The summed E-state index contributed by atoms with van der Waals surface area (Å²) in [4.78, 5) is 40.8. The highest BCUT2D eigenvalue weighted by molar-refractivity contribution is 6.13. The van der Waals surface area contributed by atoms with Gasteiger partial charge in [-0.1, -0.05) is 51.9 Å². The highest BCUT2D eigenvalue weighted by Gasteiger charge is 2.43. The lowest BCUT2D eigenvalue weighted by atomic mass is 9.71. The molecule has 0 spiro atoms. The zero-order valence-corrected chi connectivity index (χ0v) is 22.1. The van der Waals surface area contributed by atoms with E-state index in [9.17, 15) is 14.4 Å². The van der Waals surface area contributed by atoms with Crippen LogP contribution >= 0.6 is 0 Å². The van der Waals surface area contributed by atoms with E-state index < -0.39 is 5.92 Å². The molecule has 5 heteroatoms. The summed E-state index contributed by atoms with van der Waals surface area (Å²) in [5.74, 6) is 5.68. The number of ketones is 1. The van der Waals surface area contributed by atoms with Crippen molar-refractivity contribution in [1.82, 2.24) is 4.90 Å². The molecule has 188 valence electrons. The van der Waals surface area contributed by atoms with Crippen LogP contribution in [0, 0.1) is 36.5 Å². The first-order chi connectivity index (χ1) is 16.6. The lowest BCUT2D eigenvalue weighted by Gasteiger charge is -2.43. The summed E-state index contributed by atoms with van der Waals surface area (Å²) in [6.07, 6.45) is 5.42. The maximum absolute atomic E-state index is 14.1. The van der Waals surface area contributed by atoms with Crippen LogP contribution in [-0.4, -0.2) is 41.8 Å². The first-order valence-electron chi connectivity index (χ1n) is 13.0. The van der Waals surface area contributed by atoms with Crippen LogP contribution in [0.25, 0.3) is 0 Å². The second-order valence-electron chi connectivity index (χ2n) is 10.4. The number of aryl methyl sites for hydroxylation is 1.